The minimum absolute atomic E-state index is 0.114. The van der Waals surface area contributed by atoms with Crippen LogP contribution in [-0.4, -0.2) is 32.9 Å². The van der Waals surface area contributed by atoms with Crippen LogP contribution in [0.4, 0.5) is 0 Å². The predicted molar refractivity (Wildman–Crippen MR) is 71.2 cm³/mol. The van der Waals surface area contributed by atoms with Crippen LogP contribution >= 0.6 is 0 Å². The number of aromatic nitrogens is 2. The molecule has 0 saturated heterocycles. The lowest BCUT2D eigenvalue weighted by Gasteiger charge is -2.35. The van der Waals surface area contributed by atoms with Crippen LogP contribution in [0.15, 0.2) is 6.33 Å². The van der Waals surface area contributed by atoms with E-state index in [9.17, 15) is 4.79 Å². The van der Waals surface area contributed by atoms with E-state index in [1.54, 1.807) is 6.33 Å². The molecule has 0 fully saturated rings. The molecule has 0 aromatic carbocycles. The number of fused-ring (bicyclic) bond motifs is 1. The van der Waals surface area contributed by atoms with Crippen LogP contribution in [0, 0.1) is 5.92 Å². The average Bonchev–Trinajstić information content (AvgIpc) is 2.74. The van der Waals surface area contributed by atoms with Gasteiger partial charge in [0.25, 0.3) is 0 Å². The highest BCUT2D eigenvalue weighted by atomic mass is 16.2. The molecule has 1 aliphatic carbocycles. The van der Waals surface area contributed by atoms with Gasteiger partial charge in [0.15, 0.2) is 0 Å². The zero-order valence-electron chi connectivity index (χ0n) is 11.7. The Bertz CT molecular complexity index is 414. The van der Waals surface area contributed by atoms with E-state index in [1.807, 2.05) is 4.90 Å². The van der Waals surface area contributed by atoms with Crippen LogP contribution in [0.25, 0.3) is 0 Å². The Balaban J connectivity index is 2.11. The van der Waals surface area contributed by atoms with Gasteiger partial charge in [0.2, 0.25) is 5.91 Å². The molecule has 1 aromatic rings. The second kappa shape index (κ2) is 5.12. The summed E-state index contributed by atoms with van der Waals surface area (Å²) in [5, 5.41) is 0. The smallest absolute Gasteiger partial charge is 0.226 e. The number of H-pyrrole nitrogens is 1. The summed E-state index contributed by atoms with van der Waals surface area (Å²) in [5.74, 6) is 0.406. The molecule has 1 unspecified atom stereocenters. The second-order valence-corrected chi connectivity index (χ2v) is 5.70. The van der Waals surface area contributed by atoms with Crippen molar-refractivity contribution in [2.24, 2.45) is 5.92 Å². The summed E-state index contributed by atoms with van der Waals surface area (Å²) in [7, 11) is 0. The van der Waals surface area contributed by atoms with Gasteiger partial charge >= 0.3 is 0 Å². The fourth-order valence-corrected chi connectivity index (χ4v) is 2.93. The van der Waals surface area contributed by atoms with Crippen molar-refractivity contribution in [2.45, 2.75) is 59.0 Å². The third-order valence-corrected chi connectivity index (χ3v) is 3.70. The van der Waals surface area contributed by atoms with E-state index in [0.717, 1.165) is 30.7 Å². The van der Waals surface area contributed by atoms with E-state index in [-0.39, 0.29) is 18.0 Å². The number of aryl methyl sites for hydroxylation is 1. The van der Waals surface area contributed by atoms with Gasteiger partial charge < -0.3 is 9.88 Å². The molecule has 1 aliphatic rings. The third kappa shape index (κ3) is 2.42. The SMILES string of the molecule is CC(C)N(C(=O)C1CCc2nc[nH]c2C1)C(C)C. The number of carbonyl (C=O) groups is 1. The van der Waals surface area contributed by atoms with Gasteiger partial charge in [-0.25, -0.2) is 4.98 Å². The van der Waals surface area contributed by atoms with Crippen molar-refractivity contribution in [3.8, 4) is 0 Å². The second-order valence-electron chi connectivity index (χ2n) is 5.70. The van der Waals surface area contributed by atoms with Crippen molar-refractivity contribution in [1.29, 1.82) is 0 Å². The summed E-state index contributed by atoms with van der Waals surface area (Å²) in [6.45, 7) is 8.34. The quantitative estimate of drug-likeness (QED) is 0.892. The van der Waals surface area contributed by atoms with Crippen LogP contribution in [0.5, 0.6) is 0 Å². The Morgan fingerprint density at radius 3 is 2.67 bits per heavy atom. The summed E-state index contributed by atoms with van der Waals surface area (Å²) in [5.41, 5.74) is 2.28. The zero-order valence-corrected chi connectivity index (χ0v) is 11.7. The molecule has 0 radical (unpaired) electrons. The summed E-state index contributed by atoms with van der Waals surface area (Å²) < 4.78 is 0. The summed E-state index contributed by atoms with van der Waals surface area (Å²) in [6.07, 6.45) is 4.39. The molecule has 1 N–H and O–H groups in total. The van der Waals surface area contributed by atoms with Crippen LogP contribution in [0.1, 0.15) is 45.5 Å². The molecular weight excluding hydrogens is 226 g/mol. The monoisotopic (exact) mass is 249 g/mol. The normalized spacial score (nSPS) is 19.1. The van der Waals surface area contributed by atoms with Crippen LogP contribution < -0.4 is 0 Å². The molecule has 4 heteroatoms. The highest BCUT2D eigenvalue weighted by Gasteiger charge is 2.31. The molecule has 1 atom stereocenters. The number of hydrogen-bond acceptors (Lipinski definition) is 2. The minimum atomic E-state index is 0.114. The van der Waals surface area contributed by atoms with Crippen LogP contribution in [-0.2, 0) is 17.6 Å². The highest BCUT2D eigenvalue weighted by Crippen LogP contribution is 2.25. The molecule has 18 heavy (non-hydrogen) atoms. The number of imidazole rings is 1. The van der Waals surface area contributed by atoms with Crippen molar-refractivity contribution in [2.75, 3.05) is 0 Å². The Labute approximate surface area is 109 Å². The number of carbonyl (C=O) groups excluding carboxylic acids is 1. The maximum absolute atomic E-state index is 12.6. The van der Waals surface area contributed by atoms with Crippen molar-refractivity contribution in [3.63, 3.8) is 0 Å². The Hall–Kier alpha value is -1.32. The van der Waals surface area contributed by atoms with Gasteiger partial charge in [-0.3, -0.25) is 4.79 Å². The highest BCUT2D eigenvalue weighted by molar-refractivity contribution is 5.80. The molecule has 0 saturated carbocycles. The summed E-state index contributed by atoms with van der Waals surface area (Å²) >= 11 is 0. The molecule has 1 heterocycles. The molecule has 0 bridgehead atoms. The lowest BCUT2D eigenvalue weighted by Crippen LogP contribution is -2.46. The largest absolute Gasteiger partial charge is 0.348 e. The number of hydrogen-bond donors (Lipinski definition) is 1. The maximum atomic E-state index is 12.6. The van der Waals surface area contributed by atoms with E-state index in [4.69, 9.17) is 0 Å². The Kier molecular flexibility index (Phi) is 3.73. The molecule has 100 valence electrons. The van der Waals surface area contributed by atoms with Gasteiger partial charge in [-0.1, -0.05) is 0 Å². The fraction of sp³-hybridized carbons (Fsp3) is 0.714. The van der Waals surface area contributed by atoms with Crippen LogP contribution in [0.2, 0.25) is 0 Å². The number of aromatic amines is 1. The number of nitrogens with one attached hydrogen (secondary N) is 1. The van der Waals surface area contributed by atoms with Gasteiger partial charge in [-0.05, 0) is 40.5 Å². The van der Waals surface area contributed by atoms with Gasteiger partial charge in [0, 0.05) is 30.1 Å². The van der Waals surface area contributed by atoms with Gasteiger partial charge in [-0.2, -0.15) is 0 Å². The molecule has 4 nitrogen and oxygen atoms in total. The first kappa shape index (κ1) is 13.1. The van der Waals surface area contributed by atoms with E-state index < -0.39 is 0 Å². The number of nitrogens with zero attached hydrogens (tertiary/aromatic N) is 2. The molecule has 1 aromatic heterocycles. The van der Waals surface area contributed by atoms with Crippen molar-refractivity contribution in [3.05, 3.63) is 17.7 Å². The van der Waals surface area contributed by atoms with Crippen molar-refractivity contribution in [1.82, 2.24) is 14.9 Å². The van der Waals surface area contributed by atoms with Gasteiger partial charge in [0.1, 0.15) is 0 Å². The number of amides is 1. The molecule has 1 amide bonds. The molecular formula is C14H23N3O. The van der Waals surface area contributed by atoms with Gasteiger partial charge in [0.05, 0.1) is 12.0 Å². The minimum Gasteiger partial charge on any atom is -0.348 e. The first-order chi connectivity index (χ1) is 8.50. The lowest BCUT2D eigenvalue weighted by atomic mass is 9.88. The maximum Gasteiger partial charge on any atom is 0.226 e. The molecule has 0 spiro atoms. The first-order valence-electron chi connectivity index (χ1n) is 6.84. The standard InChI is InChI=1S/C14H23N3O/c1-9(2)17(10(3)4)14(18)11-5-6-12-13(7-11)16-8-15-12/h8-11H,5-7H2,1-4H3,(H,15,16). The summed E-state index contributed by atoms with van der Waals surface area (Å²) in [4.78, 5) is 22.1. The summed E-state index contributed by atoms with van der Waals surface area (Å²) in [6, 6.07) is 0.529. The fourth-order valence-electron chi connectivity index (χ4n) is 2.93. The molecule has 2 rings (SSSR count). The average molecular weight is 249 g/mol. The van der Waals surface area contributed by atoms with Crippen molar-refractivity contribution >= 4 is 5.91 Å². The van der Waals surface area contributed by atoms with E-state index >= 15 is 0 Å². The predicted octanol–water partition coefficient (Wildman–Crippen LogP) is 2.16. The van der Waals surface area contributed by atoms with Crippen LogP contribution in [0.3, 0.4) is 0 Å². The number of rotatable bonds is 3. The Morgan fingerprint density at radius 1 is 1.39 bits per heavy atom. The Morgan fingerprint density at radius 2 is 2.06 bits per heavy atom. The van der Waals surface area contributed by atoms with Gasteiger partial charge in [-0.15, -0.1) is 0 Å². The van der Waals surface area contributed by atoms with E-state index in [0.29, 0.717) is 5.91 Å². The third-order valence-electron chi connectivity index (χ3n) is 3.70. The van der Waals surface area contributed by atoms with Crippen molar-refractivity contribution < 1.29 is 4.79 Å². The molecule has 0 aliphatic heterocycles. The van der Waals surface area contributed by atoms with E-state index in [2.05, 4.69) is 37.7 Å². The first-order valence-corrected chi connectivity index (χ1v) is 6.84. The topological polar surface area (TPSA) is 49.0 Å². The van der Waals surface area contributed by atoms with E-state index in [1.165, 1.54) is 0 Å². The lowest BCUT2D eigenvalue weighted by molar-refractivity contribution is -0.139. The zero-order chi connectivity index (χ0) is 13.3.